The number of likely N-dealkylation sites (tertiary alicyclic amines) is 1. The van der Waals surface area contributed by atoms with Crippen LogP contribution in [0.4, 0.5) is 5.69 Å². The van der Waals surface area contributed by atoms with Gasteiger partial charge in [0.15, 0.2) is 5.78 Å². The van der Waals surface area contributed by atoms with Crippen molar-refractivity contribution in [2.24, 2.45) is 5.92 Å². The quantitative estimate of drug-likeness (QED) is 0.639. The van der Waals surface area contributed by atoms with Crippen molar-refractivity contribution in [1.29, 1.82) is 0 Å². The highest BCUT2D eigenvalue weighted by Crippen LogP contribution is 2.20. The normalized spacial score (nSPS) is 23.4. The molecule has 176 valence electrons. The molecule has 2 atom stereocenters. The van der Waals surface area contributed by atoms with Gasteiger partial charge in [0.2, 0.25) is 11.8 Å². The predicted molar refractivity (Wildman–Crippen MR) is 126 cm³/mol. The lowest BCUT2D eigenvalue weighted by molar-refractivity contribution is -0.133. The van der Waals surface area contributed by atoms with Gasteiger partial charge in [-0.2, -0.15) is 0 Å². The molecule has 0 bridgehead atoms. The summed E-state index contributed by atoms with van der Waals surface area (Å²) in [5.74, 6) is 0.303. The van der Waals surface area contributed by atoms with Gasteiger partial charge in [-0.15, -0.1) is 0 Å². The molecule has 1 aliphatic carbocycles. The minimum Gasteiger partial charge on any atom is -0.508 e. The zero-order chi connectivity index (χ0) is 23.4. The molecule has 2 saturated heterocycles. The number of amides is 2. The average Bonchev–Trinajstić information content (AvgIpc) is 3.29. The Balaban J connectivity index is 1.20. The number of aliphatic hydroxyl groups excluding tert-OH is 1. The maximum Gasteiger partial charge on any atom is 0.236 e. The van der Waals surface area contributed by atoms with Crippen LogP contribution in [0.3, 0.4) is 0 Å². The summed E-state index contributed by atoms with van der Waals surface area (Å²) in [4.78, 5) is 43.1. The molecule has 0 radical (unpaired) electrons. The SMILES string of the molecule is CC(=O)c1ccc(N2CCN(C(=O)CN3CC[C@@H](C(=O)NC4C=CC(O)=CC4)C3)CC2)cc1. The molecule has 33 heavy (non-hydrogen) atoms. The summed E-state index contributed by atoms with van der Waals surface area (Å²) >= 11 is 0. The van der Waals surface area contributed by atoms with Gasteiger partial charge >= 0.3 is 0 Å². The maximum absolute atomic E-state index is 12.8. The van der Waals surface area contributed by atoms with E-state index in [9.17, 15) is 19.5 Å². The fraction of sp³-hybridized carbons (Fsp3) is 0.480. The first-order valence-electron chi connectivity index (χ1n) is 11.6. The summed E-state index contributed by atoms with van der Waals surface area (Å²) in [6.45, 7) is 6.09. The number of hydrogen-bond donors (Lipinski definition) is 2. The van der Waals surface area contributed by atoms with Gasteiger partial charge in [-0.25, -0.2) is 0 Å². The first-order valence-corrected chi connectivity index (χ1v) is 11.6. The van der Waals surface area contributed by atoms with Crippen molar-refractivity contribution in [3.05, 3.63) is 53.8 Å². The Morgan fingerprint density at radius 1 is 1.06 bits per heavy atom. The standard InChI is InChI=1S/C25H32N4O4/c1-18(30)19-2-6-22(7-3-19)28-12-14-29(15-13-28)24(32)17-27-11-10-20(16-27)25(33)26-21-4-8-23(31)9-5-21/h2-4,6-9,20-21,31H,5,10-17H2,1H3,(H,26,33)/t20-,21?/m1/s1. The fourth-order valence-electron chi connectivity index (χ4n) is 4.62. The summed E-state index contributed by atoms with van der Waals surface area (Å²) < 4.78 is 0. The highest BCUT2D eigenvalue weighted by molar-refractivity contribution is 5.94. The molecular weight excluding hydrogens is 420 g/mol. The number of carbonyl (C=O) groups excluding carboxylic acids is 3. The highest BCUT2D eigenvalue weighted by Gasteiger charge is 2.31. The molecule has 2 N–H and O–H groups in total. The lowest BCUT2D eigenvalue weighted by atomic mass is 10.0. The topological polar surface area (TPSA) is 93.2 Å². The molecule has 1 aromatic carbocycles. The van der Waals surface area contributed by atoms with Gasteiger partial charge in [-0.3, -0.25) is 19.3 Å². The van der Waals surface area contributed by atoms with Crippen LogP contribution in [0.5, 0.6) is 0 Å². The minimum absolute atomic E-state index is 0.0128. The van der Waals surface area contributed by atoms with Gasteiger partial charge in [0.25, 0.3) is 0 Å². The van der Waals surface area contributed by atoms with Crippen LogP contribution in [0.25, 0.3) is 0 Å². The molecule has 4 rings (SSSR count). The number of Topliss-reactive ketones (excluding diaryl/α,β-unsaturated/α-hetero) is 1. The van der Waals surface area contributed by atoms with Crippen LogP contribution in [0, 0.1) is 5.92 Å². The number of rotatable bonds is 6. The van der Waals surface area contributed by atoms with Gasteiger partial charge in [0.05, 0.1) is 18.5 Å². The van der Waals surface area contributed by atoms with E-state index in [1.807, 2.05) is 29.2 Å². The second kappa shape index (κ2) is 10.2. The largest absolute Gasteiger partial charge is 0.508 e. The summed E-state index contributed by atoms with van der Waals surface area (Å²) in [6.07, 6.45) is 6.46. The third-order valence-electron chi connectivity index (χ3n) is 6.68. The molecule has 2 heterocycles. The van der Waals surface area contributed by atoms with Gasteiger partial charge in [0.1, 0.15) is 5.76 Å². The van der Waals surface area contributed by atoms with E-state index in [1.54, 1.807) is 25.2 Å². The molecule has 8 heteroatoms. The number of allylic oxidation sites excluding steroid dienone is 1. The summed E-state index contributed by atoms with van der Waals surface area (Å²) in [6, 6.07) is 7.54. The number of aliphatic hydroxyl groups is 1. The second-order valence-electron chi connectivity index (χ2n) is 9.03. The van der Waals surface area contributed by atoms with Crippen molar-refractivity contribution >= 4 is 23.3 Å². The molecular formula is C25H32N4O4. The summed E-state index contributed by atoms with van der Waals surface area (Å²) in [5.41, 5.74) is 1.77. The van der Waals surface area contributed by atoms with Crippen molar-refractivity contribution in [3.8, 4) is 0 Å². The van der Waals surface area contributed by atoms with Gasteiger partial charge in [-0.05, 0) is 62.7 Å². The molecule has 1 aromatic rings. The average molecular weight is 453 g/mol. The molecule has 0 saturated carbocycles. The number of anilines is 1. The number of piperazine rings is 1. The number of ketones is 1. The number of hydrogen-bond acceptors (Lipinski definition) is 6. The number of benzene rings is 1. The van der Waals surface area contributed by atoms with E-state index in [2.05, 4.69) is 15.1 Å². The zero-order valence-corrected chi connectivity index (χ0v) is 19.1. The highest BCUT2D eigenvalue weighted by atomic mass is 16.3. The van der Waals surface area contributed by atoms with Gasteiger partial charge < -0.3 is 20.2 Å². The van der Waals surface area contributed by atoms with Crippen LogP contribution in [0.1, 0.15) is 30.1 Å². The molecule has 0 aromatic heterocycles. The van der Waals surface area contributed by atoms with Crippen LogP contribution in [-0.2, 0) is 9.59 Å². The van der Waals surface area contributed by atoms with Crippen LogP contribution >= 0.6 is 0 Å². The summed E-state index contributed by atoms with van der Waals surface area (Å²) in [5, 5.41) is 12.4. The molecule has 0 spiro atoms. The lowest BCUT2D eigenvalue weighted by Crippen LogP contribution is -2.51. The number of carbonyl (C=O) groups is 3. The molecule has 2 fully saturated rings. The van der Waals surface area contributed by atoms with Crippen LogP contribution < -0.4 is 10.2 Å². The first-order chi connectivity index (χ1) is 15.9. The predicted octanol–water partition coefficient (Wildman–Crippen LogP) is 1.75. The Labute approximate surface area is 194 Å². The smallest absolute Gasteiger partial charge is 0.236 e. The minimum atomic E-state index is -0.111. The molecule has 2 aliphatic heterocycles. The Bertz CT molecular complexity index is 948. The Kier molecular flexibility index (Phi) is 7.13. The molecule has 1 unspecified atom stereocenters. The van der Waals surface area contributed by atoms with Crippen molar-refractivity contribution in [2.45, 2.75) is 25.8 Å². The molecule has 8 nitrogen and oxygen atoms in total. The lowest BCUT2D eigenvalue weighted by Gasteiger charge is -2.36. The second-order valence-corrected chi connectivity index (χ2v) is 9.03. The third kappa shape index (κ3) is 5.82. The van der Waals surface area contributed by atoms with E-state index in [0.717, 1.165) is 31.7 Å². The zero-order valence-electron chi connectivity index (χ0n) is 19.1. The van der Waals surface area contributed by atoms with E-state index in [4.69, 9.17) is 0 Å². The van der Waals surface area contributed by atoms with Crippen molar-refractivity contribution in [1.82, 2.24) is 15.1 Å². The number of nitrogens with zero attached hydrogens (tertiary/aromatic N) is 3. The fourth-order valence-corrected chi connectivity index (χ4v) is 4.62. The maximum atomic E-state index is 12.8. The van der Waals surface area contributed by atoms with E-state index < -0.39 is 0 Å². The third-order valence-corrected chi connectivity index (χ3v) is 6.68. The van der Waals surface area contributed by atoms with E-state index in [0.29, 0.717) is 38.2 Å². The van der Waals surface area contributed by atoms with Gasteiger partial charge in [-0.1, -0.05) is 6.08 Å². The van der Waals surface area contributed by atoms with Crippen LogP contribution in [0.15, 0.2) is 48.3 Å². The van der Waals surface area contributed by atoms with E-state index in [1.165, 1.54) is 0 Å². The van der Waals surface area contributed by atoms with Gasteiger partial charge in [0, 0.05) is 44.0 Å². The van der Waals surface area contributed by atoms with Crippen molar-refractivity contribution in [2.75, 3.05) is 50.7 Å². The van der Waals surface area contributed by atoms with Crippen molar-refractivity contribution < 1.29 is 19.5 Å². The Morgan fingerprint density at radius 2 is 1.79 bits per heavy atom. The molecule has 2 amide bonds. The monoisotopic (exact) mass is 452 g/mol. The van der Waals surface area contributed by atoms with Crippen LogP contribution in [0.2, 0.25) is 0 Å². The summed E-state index contributed by atoms with van der Waals surface area (Å²) in [7, 11) is 0. The van der Waals surface area contributed by atoms with Crippen molar-refractivity contribution in [3.63, 3.8) is 0 Å². The van der Waals surface area contributed by atoms with E-state index in [-0.39, 0.29) is 35.3 Å². The number of nitrogens with one attached hydrogen (secondary N) is 1. The molecule has 3 aliphatic rings. The van der Waals surface area contributed by atoms with E-state index >= 15 is 0 Å². The Morgan fingerprint density at radius 3 is 2.42 bits per heavy atom. The Hall–Kier alpha value is -3.13. The van der Waals surface area contributed by atoms with Crippen LogP contribution in [-0.4, -0.2) is 84.4 Å². The first kappa shape index (κ1) is 23.0.